The molecule has 0 spiro atoms. The van der Waals surface area contributed by atoms with E-state index in [0.717, 1.165) is 42.5 Å². The minimum atomic E-state index is 0.285. The molecule has 2 N–H and O–H groups in total. The van der Waals surface area contributed by atoms with Gasteiger partial charge in [0.25, 0.3) is 0 Å². The fourth-order valence-corrected chi connectivity index (χ4v) is 2.34. The average Bonchev–Trinajstić information content (AvgIpc) is 2.46. The Labute approximate surface area is 119 Å². The van der Waals surface area contributed by atoms with Gasteiger partial charge in [0, 0.05) is 25.4 Å². The lowest BCUT2D eigenvalue weighted by molar-refractivity contribution is 0.293. The Bertz CT molecular complexity index is 336. The quantitative estimate of drug-likeness (QED) is 0.607. The summed E-state index contributed by atoms with van der Waals surface area (Å²) in [7, 11) is 1.64. The second-order valence-corrected chi connectivity index (χ2v) is 5.16. The number of hydrogen-bond donors (Lipinski definition) is 2. The standard InChI is InChI=1S/C14H23NO3S/c1-17-13-5-2-3-6-14(13)18-10-7-15-8-12-19-11-4-9-16/h2-3,5-6,15-16H,4,7-12H2,1H3. The van der Waals surface area contributed by atoms with Crippen LogP contribution in [0.15, 0.2) is 24.3 Å². The normalized spacial score (nSPS) is 10.4. The van der Waals surface area contributed by atoms with Gasteiger partial charge in [0.05, 0.1) is 7.11 Å². The van der Waals surface area contributed by atoms with E-state index in [-0.39, 0.29) is 6.61 Å². The second kappa shape index (κ2) is 11.0. The van der Waals surface area contributed by atoms with Crippen molar-refractivity contribution in [2.45, 2.75) is 6.42 Å². The van der Waals surface area contributed by atoms with Crippen LogP contribution in [0, 0.1) is 0 Å². The molecule has 5 heteroatoms. The molecule has 0 atom stereocenters. The van der Waals surface area contributed by atoms with E-state index in [1.165, 1.54) is 0 Å². The SMILES string of the molecule is COc1ccccc1OCCNCCSCCCO. The van der Waals surface area contributed by atoms with Crippen molar-refractivity contribution in [2.24, 2.45) is 0 Å². The van der Waals surface area contributed by atoms with E-state index < -0.39 is 0 Å². The lowest BCUT2D eigenvalue weighted by atomic mass is 10.3. The van der Waals surface area contributed by atoms with Crippen molar-refractivity contribution >= 4 is 11.8 Å². The van der Waals surface area contributed by atoms with E-state index in [0.29, 0.717) is 6.61 Å². The Morgan fingerprint density at radius 3 is 2.68 bits per heavy atom. The van der Waals surface area contributed by atoms with Gasteiger partial charge in [-0.15, -0.1) is 0 Å². The number of ether oxygens (including phenoxy) is 2. The minimum absolute atomic E-state index is 0.285. The third kappa shape index (κ3) is 7.30. The zero-order valence-corrected chi connectivity index (χ0v) is 12.2. The van der Waals surface area contributed by atoms with Crippen LogP contribution in [0.4, 0.5) is 0 Å². The molecule has 0 unspecified atom stereocenters. The zero-order chi connectivity index (χ0) is 13.8. The number of thioether (sulfide) groups is 1. The molecule has 0 aromatic heterocycles. The molecule has 0 aliphatic rings. The van der Waals surface area contributed by atoms with E-state index in [4.69, 9.17) is 14.6 Å². The third-order valence-corrected chi connectivity index (χ3v) is 3.55. The summed E-state index contributed by atoms with van der Waals surface area (Å²) in [6.07, 6.45) is 0.877. The van der Waals surface area contributed by atoms with Crippen LogP contribution in [0.5, 0.6) is 11.5 Å². The van der Waals surface area contributed by atoms with Crippen molar-refractivity contribution < 1.29 is 14.6 Å². The maximum Gasteiger partial charge on any atom is 0.161 e. The van der Waals surface area contributed by atoms with Gasteiger partial charge < -0.3 is 19.9 Å². The summed E-state index contributed by atoms with van der Waals surface area (Å²) < 4.78 is 10.9. The summed E-state index contributed by atoms with van der Waals surface area (Å²) in [5, 5.41) is 12.0. The molecule has 1 rings (SSSR count). The fraction of sp³-hybridized carbons (Fsp3) is 0.571. The number of hydrogen-bond acceptors (Lipinski definition) is 5. The highest BCUT2D eigenvalue weighted by atomic mass is 32.2. The van der Waals surface area contributed by atoms with Gasteiger partial charge in [-0.2, -0.15) is 11.8 Å². The topological polar surface area (TPSA) is 50.7 Å². The van der Waals surface area contributed by atoms with Gasteiger partial charge in [-0.25, -0.2) is 0 Å². The van der Waals surface area contributed by atoms with Crippen molar-refractivity contribution in [3.63, 3.8) is 0 Å². The van der Waals surface area contributed by atoms with Crippen molar-refractivity contribution in [3.8, 4) is 11.5 Å². The molecule has 0 aliphatic carbocycles. The maximum absolute atomic E-state index is 8.63. The highest BCUT2D eigenvalue weighted by Crippen LogP contribution is 2.25. The van der Waals surface area contributed by atoms with Crippen LogP contribution in [0.25, 0.3) is 0 Å². The van der Waals surface area contributed by atoms with Crippen LogP contribution >= 0.6 is 11.8 Å². The Hall–Kier alpha value is -0.910. The molecular formula is C14H23NO3S. The molecule has 0 radical (unpaired) electrons. The second-order valence-electron chi connectivity index (χ2n) is 3.94. The fourth-order valence-electron chi connectivity index (χ4n) is 1.51. The first-order valence-electron chi connectivity index (χ1n) is 6.53. The number of rotatable bonds is 11. The van der Waals surface area contributed by atoms with Crippen LogP contribution < -0.4 is 14.8 Å². The smallest absolute Gasteiger partial charge is 0.161 e. The molecule has 1 aromatic rings. The summed E-state index contributed by atoms with van der Waals surface area (Å²) in [6.45, 7) is 2.69. The van der Waals surface area contributed by atoms with E-state index in [1.54, 1.807) is 7.11 Å². The summed E-state index contributed by atoms with van der Waals surface area (Å²) in [5.41, 5.74) is 0. The summed E-state index contributed by atoms with van der Waals surface area (Å²) in [6, 6.07) is 7.65. The molecule has 0 heterocycles. The van der Waals surface area contributed by atoms with Gasteiger partial charge >= 0.3 is 0 Å². The van der Waals surface area contributed by atoms with Crippen molar-refractivity contribution in [2.75, 3.05) is 44.9 Å². The lowest BCUT2D eigenvalue weighted by Gasteiger charge is -2.10. The summed E-state index contributed by atoms with van der Waals surface area (Å²) in [4.78, 5) is 0. The first kappa shape index (κ1) is 16.1. The van der Waals surface area contributed by atoms with Crippen LogP contribution in [-0.2, 0) is 0 Å². The van der Waals surface area contributed by atoms with Gasteiger partial charge in [-0.3, -0.25) is 0 Å². The molecular weight excluding hydrogens is 262 g/mol. The van der Waals surface area contributed by atoms with Crippen molar-refractivity contribution in [3.05, 3.63) is 24.3 Å². The minimum Gasteiger partial charge on any atom is -0.493 e. The number of aliphatic hydroxyl groups excluding tert-OH is 1. The Balaban J connectivity index is 2.01. The van der Waals surface area contributed by atoms with Gasteiger partial charge in [-0.05, 0) is 24.3 Å². The molecule has 0 amide bonds. The number of para-hydroxylation sites is 2. The third-order valence-electron chi connectivity index (χ3n) is 2.48. The van der Waals surface area contributed by atoms with Gasteiger partial charge in [0.15, 0.2) is 11.5 Å². The number of methoxy groups -OCH3 is 1. The lowest BCUT2D eigenvalue weighted by Crippen LogP contribution is -2.23. The first-order valence-corrected chi connectivity index (χ1v) is 7.69. The predicted octanol–water partition coefficient (Wildman–Crippen LogP) is 1.78. The largest absolute Gasteiger partial charge is 0.493 e. The molecule has 0 fully saturated rings. The molecule has 4 nitrogen and oxygen atoms in total. The van der Waals surface area contributed by atoms with Crippen LogP contribution in [-0.4, -0.2) is 50.0 Å². The van der Waals surface area contributed by atoms with Crippen LogP contribution in [0.1, 0.15) is 6.42 Å². The van der Waals surface area contributed by atoms with Crippen LogP contribution in [0.2, 0.25) is 0 Å². The zero-order valence-electron chi connectivity index (χ0n) is 11.4. The summed E-state index contributed by atoms with van der Waals surface area (Å²) in [5.74, 6) is 3.64. The maximum atomic E-state index is 8.63. The van der Waals surface area contributed by atoms with Gasteiger partial charge in [0.1, 0.15) is 6.61 Å². The monoisotopic (exact) mass is 285 g/mol. The van der Waals surface area contributed by atoms with Crippen molar-refractivity contribution in [1.82, 2.24) is 5.32 Å². The van der Waals surface area contributed by atoms with Gasteiger partial charge in [0.2, 0.25) is 0 Å². The van der Waals surface area contributed by atoms with E-state index >= 15 is 0 Å². The van der Waals surface area contributed by atoms with E-state index in [2.05, 4.69) is 5.32 Å². The highest BCUT2D eigenvalue weighted by Gasteiger charge is 2.01. The van der Waals surface area contributed by atoms with Gasteiger partial charge in [-0.1, -0.05) is 12.1 Å². The molecule has 0 saturated carbocycles. The molecule has 108 valence electrons. The average molecular weight is 285 g/mol. The molecule has 0 aliphatic heterocycles. The predicted molar refractivity (Wildman–Crippen MR) is 80.4 cm³/mol. The summed E-state index contributed by atoms with van der Waals surface area (Å²) >= 11 is 1.86. The first-order chi connectivity index (χ1) is 9.38. The number of aliphatic hydroxyl groups is 1. The molecule has 0 bridgehead atoms. The molecule has 0 saturated heterocycles. The van der Waals surface area contributed by atoms with Crippen molar-refractivity contribution in [1.29, 1.82) is 0 Å². The Kier molecular flexibility index (Phi) is 9.32. The number of nitrogens with one attached hydrogen (secondary N) is 1. The number of benzene rings is 1. The Morgan fingerprint density at radius 1 is 1.16 bits per heavy atom. The Morgan fingerprint density at radius 2 is 1.95 bits per heavy atom. The highest BCUT2D eigenvalue weighted by molar-refractivity contribution is 7.99. The van der Waals surface area contributed by atoms with E-state index in [1.807, 2.05) is 36.0 Å². The molecule has 19 heavy (non-hydrogen) atoms. The molecule has 1 aromatic carbocycles. The van der Waals surface area contributed by atoms with E-state index in [9.17, 15) is 0 Å². The van der Waals surface area contributed by atoms with Crippen LogP contribution in [0.3, 0.4) is 0 Å².